The zero-order valence-electron chi connectivity index (χ0n) is 11.3. The number of benzene rings is 1. The standard InChI is InChI=1S/C15H14ClFN2OS/c16-14-6-5-13(21-14)15(20)19-9-7-18(8-10-19)12-4-2-1-3-11(12)17/h1-6H,7-10H2. The van der Waals surface area contributed by atoms with Gasteiger partial charge in [0.15, 0.2) is 0 Å². The number of nitrogens with zero attached hydrogens (tertiary/aromatic N) is 2. The first-order valence-electron chi connectivity index (χ1n) is 6.69. The number of rotatable bonds is 2. The van der Waals surface area contributed by atoms with E-state index < -0.39 is 0 Å². The van der Waals surface area contributed by atoms with Gasteiger partial charge in [0.1, 0.15) is 5.82 Å². The molecule has 0 radical (unpaired) electrons. The minimum absolute atomic E-state index is 0.0000774. The van der Waals surface area contributed by atoms with E-state index in [9.17, 15) is 9.18 Å². The maximum Gasteiger partial charge on any atom is 0.264 e. The summed E-state index contributed by atoms with van der Waals surface area (Å²) < 4.78 is 14.4. The van der Waals surface area contributed by atoms with E-state index in [1.54, 1.807) is 29.2 Å². The van der Waals surface area contributed by atoms with Crippen LogP contribution in [0.25, 0.3) is 0 Å². The Balaban J connectivity index is 1.65. The van der Waals surface area contributed by atoms with Crippen molar-refractivity contribution in [1.29, 1.82) is 0 Å². The molecule has 1 saturated heterocycles. The first kappa shape index (κ1) is 14.4. The summed E-state index contributed by atoms with van der Waals surface area (Å²) in [5.74, 6) is -0.220. The van der Waals surface area contributed by atoms with Crippen LogP contribution in [0, 0.1) is 5.82 Å². The summed E-state index contributed by atoms with van der Waals surface area (Å²) in [6.45, 7) is 2.43. The van der Waals surface area contributed by atoms with Crippen molar-refractivity contribution >= 4 is 34.5 Å². The molecule has 0 saturated carbocycles. The van der Waals surface area contributed by atoms with Crippen LogP contribution >= 0.6 is 22.9 Å². The molecule has 110 valence electrons. The molecule has 1 aliphatic heterocycles. The van der Waals surface area contributed by atoms with Crippen molar-refractivity contribution in [3.05, 3.63) is 51.4 Å². The van der Waals surface area contributed by atoms with Gasteiger partial charge in [0.2, 0.25) is 0 Å². The molecular weight excluding hydrogens is 311 g/mol. The fraction of sp³-hybridized carbons (Fsp3) is 0.267. The zero-order valence-corrected chi connectivity index (χ0v) is 12.8. The quantitative estimate of drug-likeness (QED) is 0.844. The van der Waals surface area contributed by atoms with Crippen LogP contribution in [0.15, 0.2) is 36.4 Å². The van der Waals surface area contributed by atoms with Crippen LogP contribution in [0.2, 0.25) is 4.34 Å². The van der Waals surface area contributed by atoms with E-state index in [1.807, 2.05) is 11.0 Å². The van der Waals surface area contributed by atoms with Gasteiger partial charge in [-0.1, -0.05) is 23.7 Å². The molecule has 1 aromatic carbocycles. The largest absolute Gasteiger partial charge is 0.366 e. The van der Waals surface area contributed by atoms with Gasteiger partial charge >= 0.3 is 0 Å². The first-order chi connectivity index (χ1) is 10.1. The molecule has 3 rings (SSSR count). The van der Waals surface area contributed by atoms with E-state index in [0.717, 1.165) is 0 Å². The Kier molecular flexibility index (Phi) is 4.12. The van der Waals surface area contributed by atoms with Gasteiger partial charge in [-0.25, -0.2) is 4.39 Å². The number of para-hydroxylation sites is 1. The van der Waals surface area contributed by atoms with Gasteiger partial charge in [0.25, 0.3) is 5.91 Å². The predicted molar refractivity (Wildman–Crippen MR) is 83.8 cm³/mol. The van der Waals surface area contributed by atoms with Gasteiger partial charge in [0.05, 0.1) is 14.9 Å². The second-order valence-corrected chi connectivity index (χ2v) is 6.55. The van der Waals surface area contributed by atoms with Gasteiger partial charge in [-0.3, -0.25) is 4.79 Å². The zero-order chi connectivity index (χ0) is 14.8. The minimum atomic E-state index is -0.220. The van der Waals surface area contributed by atoms with E-state index >= 15 is 0 Å². The normalized spacial score (nSPS) is 15.3. The van der Waals surface area contributed by atoms with E-state index in [1.165, 1.54) is 17.4 Å². The average molecular weight is 325 g/mol. The molecule has 2 heterocycles. The summed E-state index contributed by atoms with van der Waals surface area (Å²) in [5, 5.41) is 0. The Hall–Kier alpha value is -1.59. The Bertz CT molecular complexity index is 653. The summed E-state index contributed by atoms with van der Waals surface area (Å²) in [6.07, 6.45) is 0. The van der Waals surface area contributed by atoms with Crippen LogP contribution in [-0.4, -0.2) is 37.0 Å². The maximum atomic E-state index is 13.8. The molecule has 0 bridgehead atoms. The van der Waals surface area contributed by atoms with Gasteiger partial charge in [0, 0.05) is 26.2 Å². The van der Waals surface area contributed by atoms with E-state index in [-0.39, 0.29) is 11.7 Å². The molecule has 6 heteroatoms. The molecule has 1 fully saturated rings. The average Bonchev–Trinajstić information content (AvgIpc) is 2.94. The second-order valence-electron chi connectivity index (χ2n) is 4.83. The van der Waals surface area contributed by atoms with Crippen molar-refractivity contribution in [3.8, 4) is 0 Å². The number of carbonyl (C=O) groups excluding carboxylic acids is 1. The van der Waals surface area contributed by atoms with Gasteiger partial charge < -0.3 is 9.80 Å². The molecule has 1 aliphatic rings. The maximum absolute atomic E-state index is 13.8. The van der Waals surface area contributed by atoms with Crippen molar-refractivity contribution in [2.24, 2.45) is 0 Å². The predicted octanol–water partition coefficient (Wildman–Crippen LogP) is 3.50. The Labute approximate surface area is 131 Å². The van der Waals surface area contributed by atoms with Crippen LogP contribution in [0.5, 0.6) is 0 Å². The van der Waals surface area contributed by atoms with Gasteiger partial charge in [-0.15, -0.1) is 11.3 Å². The molecule has 0 aliphatic carbocycles. The van der Waals surface area contributed by atoms with Crippen molar-refractivity contribution in [3.63, 3.8) is 0 Å². The number of halogens is 2. The van der Waals surface area contributed by atoms with E-state index in [4.69, 9.17) is 11.6 Å². The number of carbonyl (C=O) groups is 1. The Morgan fingerprint density at radius 1 is 1.10 bits per heavy atom. The number of amides is 1. The minimum Gasteiger partial charge on any atom is -0.366 e. The SMILES string of the molecule is O=C(c1ccc(Cl)s1)N1CCN(c2ccccc2F)CC1. The summed E-state index contributed by atoms with van der Waals surface area (Å²) >= 11 is 7.15. The molecule has 1 amide bonds. The van der Waals surface area contributed by atoms with Gasteiger partial charge in [-0.05, 0) is 24.3 Å². The Morgan fingerprint density at radius 3 is 2.43 bits per heavy atom. The lowest BCUT2D eigenvalue weighted by Gasteiger charge is -2.36. The van der Waals surface area contributed by atoms with Gasteiger partial charge in [-0.2, -0.15) is 0 Å². The number of piperazine rings is 1. The van der Waals surface area contributed by atoms with Crippen molar-refractivity contribution in [1.82, 2.24) is 4.90 Å². The Morgan fingerprint density at radius 2 is 1.81 bits per heavy atom. The monoisotopic (exact) mass is 324 g/mol. The lowest BCUT2D eigenvalue weighted by molar-refractivity contribution is 0.0751. The lowest BCUT2D eigenvalue weighted by Crippen LogP contribution is -2.48. The highest BCUT2D eigenvalue weighted by Crippen LogP contribution is 2.24. The first-order valence-corrected chi connectivity index (χ1v) is 7.88. The fourth-order valence-corrected chi connectivity index (χ4v) is 3.45. The lowest BCUT2D eigenvalue weighted by atomic mass is 10.2. The van der Waals surface area contributed by atoms with Crippen LogP contribution in [0.4, 0.5) is 10.1 Å². The molecule has 0 spiro atoms. The highest BCUT2D eigenvalue weighted by Gasteiger charge is 2.24. The number of anilines is 1. The van der Waals surface area contributed by atoms with Crippen LogP contribution in [0.1, 0.15) is 9.67 Å². The fourth-order valence-electron chi connectivity index (χ4n) is 2.44. The molecule has 2 aromatic rings. The van der Waals surface area contributed by atoms with Crippen LogP contribution in [-0.2, 0) is 0 Å². The van der Waals surface area contributed by atoms with E-state index in [0.29, 0.717) is 41.1 Å². The number of hydrogen-bond donors (Lipinski definition) is 0. The van der Waals surface area contributed by atoms with Crippen molar-refractivity contribution < 1.29 is 9.18 Å². The summed E-state index contributed by atoms with van der Waals surface area (Å²) in [5.41, 5.74) is 0.601. The van der Waals surface area contributed by atoms with Crippen molar-refractivity contribution in [2.45, 2.75) is 0 Å². The van der Waals surface area contributed by atoms with E-state index in [2.05, 4.69) is 0 Å². The number of thiophene rings is 1. The third-order valence-electron chi connectivity index (χ3n) is 3.54. The molecule has 21 heavy (non-hydrogen) atoms. The summed E-state index contributed by atoms with van der Waals surface area (Å²) in [7, 11) is 0. The molecule has 0 N–H and O–H groups in total. The molecule has 0 atom stereocenters. The third kappa shape index (κ3) is 3.04. The smallest absolute Gasteiger partial charge is 0.264 e. The van der Waals surface area contributed by atoms with Crippen LogP contribution in [0.3, 0.4) is 0 Å². The summed E-state index contributed by atoms with van der Waals surface area (Å²) in [6, 6.07) is 10.2. The molecule has 0 unspecified atom stereocenters. The highest BCUT2D eigenvalue weighted by atomic mass is 35.5. The highest BCUT2D eigenvalue weighted by molar-refractivity contribution is 7.17. The molecular formula is C15H14ClFN2OS. The molecule has 1 aromatic heterocycles. The topological polar surface area (TPSA) is 23.6 Å². The second kappa shape index (κ2) is 6.03. The number of hydrogen-bond acceptors (Lipinski definition) is 3. The third-order valence-corrected chi connectivity index (χ3v) is 4.76. The summed E-state index contributed by atoms with van der Waals surface area (Å²) in [4.78, 5) is 16.7. The van der Waals surface area contributed by atoms with Crippen molar-refractivity contribution in [2.75, 3.05) is 31.1 Å². The van der Waals surface area contributed by atoms with Crippen LogP contribution < -0.4 is 4.90 Å². The molecule has 3 nitrogen and oxygen atoms in total.